The lowest BCUT2D eigenvalue weighted by molar-refractivity contribution is -0.143. The first kappa shape index (κ1) is 9.68. The zero-order valence-corrected chi connectivity index (χ0v) is 8.46. The SMILES string of the molecule is O=C(O)CC(O)(c1cccs1)C1CC1. The largest absolute Gasteiger partial charge is 0.481 e. The third-order valence-corrected chi connectivity index (χ3v) is 3.66. The van der Waals surface area contributed by atoms with Crippen LogP contribution in [0.4, 0.5) is 0 Å². The molecule has 1 fully saturated rings. The Kier molecular flexibility index (Phi) is 2.33. The molecule has 0 bridgehead atoms. The minimum absolute atomic E-state index is 0.136. The van der Waals surface area contributed by atoms with Gasteiger partial charge in [-0.25, -0.2) is 0 Å². The molecule has 1 heterocycles. The standard InChI is InChI=1S/C10H12O3S/c11-9(12)6-10(13,7-3-4-7)8-2-1-5-14-8/h1-2,5,7,13H,3-4,6H2,(H,11,12). The molecule has 2 rings (SSSR count). The summed E-state index contributed by atoms with van der Waals surface area (Å²) < 4.78 is 0. The lowest BCUT2D eigenvalue weighted by Gasteiger charge is -2.24. The van der Waals surface area contributed by atoms with Crippen molar-refractivity contribution in [1.82, 2.24) is 0 Å². The first-order chi connectivity index (χ1) is 6.63. The average molecular weight is 212 g/mol. The molecule has 1 atom stereocenters. The summed E-state index contributed by atoms with van der Waals surface area (Å²) in [5.41, 5.74) is -1.12. The highest BCUT2D eigenvalue weighted by Crippen LogP contribution is 2.48. The highest BCUT2D eigenvalue weighted by atomic mass is 32.1. The van der Waals surface area contributed by atoms with Gasteiger partial charge in [0.25, 0.3) is 0 Å². The maximum absolute atomic E-state index is 10.7. The van der Waals surface area contributed by atoms with Crippen molar-refractivity contribution in [3.05, 3.63) is 22.4 Å². The topological polar surface area (TPSA) is 57.5 Å². The van der Waals surface area contributed by atoms with E-state index >= 15 is 0 Å². The van der Waals surface area contributed by atoms with E-state index < -0.39 is 11.6 Å². The van der Waals surface area contributed by atoms with Crippen molar-refractivity contribution in [3.63, 3.8) is 0 Å². The van der Waals surface area contributed by atoms with E-state index in [1.807, 2.05) is 17.5 Å². The Morgan fingerprint density at radius 2 is 2.36 bits per heavy atom. The minimum atomic E-state index is -1.12. The second-order valence-electron chi connectivity index (χ2n) is 3.75. The lowest BCUT2D eigenvalue weighted by Crippen LogP contribution is -2.30. The molecule has 76 valence electrons. The van der Waals surface area contributed by atoms with Gasteiger partial charge in [0.1, 0.15) is 5.60 Å². The van der Waals surface area contributed by atoms with Crippen LogP contribution in [0, 0.1) is 5.92 Å². The maximum atomic E-state index is 10.7. The molecule has 1 aliphatic rings. The molecule has 0 amide bonds. The van der Waals surface area contributed by atoms with Gasteiger partial charge in [-0.3, -0.25) is 4.79 Å². The quantitative estimate of drug-likeness (QED) is 0.800. The van der Waals surface area contributed by atoms with E-state index in [-0.39, 0.29) is 12.3 Å². The van der Waals surface area contributed by atoms with Crippen molar-refractivity contribution in [3.8, 4) is 0 Å². The monoisotopic (exact) mass is 212 g/mol. The van der Waals surface area contributed by atoms with Crippen molar-refractivity contribution in [2.24, 2.45) is 5.92 Å². The molecule has 0 aromatic carbocycles. The van der Waals surface area contributed by atoms with Gasteiger partial charge in [-0.2, -0.15) is 0 Å². The van der Waals surface area contributed by atoms with E-state index in [0.29, 0.717) is 0 Å². The highest BCUT2D eigenvalue weighted by molar-refractivity contribution is 7.10. The molecule has 1 aromatic heterocycles. The van der Waals surface area contributed by atoms with Gasteiger partial charge < -0.3 is 10.2 Å². The number of carboxylic acids is 1. The van der Waals surface area contributed by atoms with Gasteiger partial charge in [0.15, 0.2) is 0 Å². The Bertz CT molecular complexity index is 329. The fourth-order valence-corrected chi connectivity index (χ4v) is 2.65. The molecule has 1 aliphatic carbocycles. The molecular formula is C10H12O3S. The van der Waals surface area contributed by atoms with E-state index in [9.17, 15) is 9.90 Å². The van der Waals surface area contributed by atoms with Crippen molar-refractivity contribution in [2.75, 3.05) is 0 Å². The van der Waals surface area contributed by atoms with E-state index in [2.05, 4.69) is 0 Å². The number of carboxylic acid groups (broad SMARTS) is 1. The van der Waals surface area contributed by atoms with Gasteiger partial charge in [-0.15, -0.1) is 11.3 Å². The Balaban J connectivity index is 2.26. The van der Waals surface area contributed by atoms with Crippen LogP contribution in [0.1, 0.15) is 24.1 Å². The number of hydrogen-bond donors (Lipinski definition) is 2. The number of hydrogen-bond acceptors (Lipinski definition) is 3. The Hall–Kier alpha value is -0.870. The van der Waals surface area contributed by atoms with E-state index in [1.165, 1.54) is 11.3 Å². The first-order valence-electron chi connectivity index (χ1n) is 4.61. The zero-order valence-electron chi connectivity index (χ0n) is 7.64. The highest BCUT2D eigenvalue weighted by Gasteiger charge is 2.47. The van der Waals surface area contributed by atoms with Crippen LogP contribution < -0.4 is 0 Å². The van der Waals surface area contributed by atoms with Crippen LogP contribution in [0.3, 0.4) is 0 Å². The van der Waals surface area contributed by atoms with Gasteiger partial charge in [-0.05, 0) is 30.2 Å². The van der Waals surface area contributed by atoms with Gasteiger partial charge >= 0.3 is 5.97 Å². The van der Waals surface area contributed by atoms with Gasteiger partial charge in [0, 0.05) is 4.88 Å². The third-order valence-electron chi connectivity index (χ3n) is 2.62. The second-order valence-corrected chi connectivity index (χ2v) is 4.69. The fraction of sp³-hybridized carbons (Fsp3) is 0.500. The summed E-state index contributed by atoms with van der Waals surface area (Å²) in [5.74, 6) is -0.801. The molecule has 0 saturated heterocycles. The van der Waals surface area contributed by atoms with Gasteiger partial charge in [0.2, 0.25) is 0 Å². The van der Waals surface area contributed by atoms with Crippen LogP contribution >= 0.6 is 11.3 Å². The van der Waals surface area contributed by atoms with Crippen LogP contribution in [-0.4, -0.2) is 16.2 Å². The molecular weight excluding hydrogens is 200 g/mol. The summed E-state index contributed by atoms with van der Waals surface area (Å²) in [6.07, 6.45) is 1.68. The summed E-state index contributed by atoms with van der Waals surface area (Å²) >= 11 is 1.43. The van der Waals surface area contributed by atoms with E-state index in [0.717, 1.165) is 17.7 Å². The molecule has 0 spiro atoms. The molecule has 0 radical (unpaired) electrons. The van der Waals surface area contributed by atoms with Crippen LogP contribution in [-0.2, 0) is 10.4 Å². The van der Waals surface area contributed by atoms with Gasteiger partial charge in [0.05, 0.1) is 6.42 Å². The molecule has 1 unspecified atom stereocenters. The summed E-state index contributed by atoms with van der Waals surface area (Å²) in [7, 11) is 0. The van der Waals surface area contributed by atoms with Crippen LogP contribution in [0.25, 0.3) is 0 Å². The summed E-state index contributed by atoms with van der Waals surface area (Å²) in [4.78, 5) is 11.5. The van der Waals surface area contributed by atoms with Crippen LogP contribution in [0.2, 0.25) is 0 Å². The number of rotatable bonds is 4. The van der Waals surface area contributed by atoms with Crippen LogP contribution in [0.15, 0.2) is 17.5 Å². The molecule has 1 aromatic rings. The number of aliphatic carboxylic acids is 1. The predicted molar refractivity (Wildman–Crippen MR) is 53.2 cm³/mol. The fourth-order valence-electron chi connectivity index (χ4n) is 1.75. The second kappa shape index (κ2) is 3.37. The molecule has 14 heavy (non-hydrogen) atoms. The Morgan fingerprint density at radius 3 is 2.79 bits per heavy atom. The van der Waals surface area contributed by atoms with E-state index in [4.69, 9.17) is 5.11 Å². The summed E-state index contributed by atoms with van der Waals surface area (Å²) in [5, 5.41) is 20.9. The zero-order chi connectivity index (χ0) is 10.2. The molecule has 1 saturated carbocycles. The van der Waals surface area contributed by atoms with Crippen LogP contribution in [0.5, 0.6) is 0 Å². The maximum Gasteiger partial charge on any atom is 0.306 e. The number of carbonyl (C=O) groups is 1. The Morgan fingerprint density at radius 1 is 1.64 bits per heavy atom. The smallest absolute Gasteiger partial charge is 0.306 e. The Labute approximate surface area is 86.0 Å². The van der Waals surface area contributed by atoms with Gasteiger partial charge in [-0.1, -0.05) is 6.07 Å². The van der Waals surface area contributed by atoms with Crippen molar-refractivity contribution >= 4 is 17.3 Å². The molecule has 2 N–H and O–H groups in total. The van der Waals surface area contributed by atoms with E-state index in [1.54, 1.807) is 0 Å². The minimum Gasteiger partial charge on any atom is -0.481 e. The first-order valence-corrected chi connectivity index (χ1v) is 5.49. The molecule has 4 heteroatoms. The average Bonchev–Trinajstić information content (AvgIpc) is 2.80. The summed E-state index contributed by atoms with van der Waals surface area (Å²) in [6, 6.07) is 3.65. The van der Waals surface area contributed by atoms with Crippen molar-refractivity contribution in [2.45, 2.75) is 24.9 Å². The van der Waals surface area contributed by atoms with Crippen molar-refractivity contribution in [1.29, 1.82) is 0 Å². The normalized spacial score (nSPS) is 20.4. The number of thiophene rings is 1. The molecule has 0 aliphatic heterocycles. The van der Waals surface area contributed by atoms with Crippen molar-refractivity contribution < 1.29 is 15.0 Å². The number of aliphatic hydroxyl groups is 1. The lowest BCUT2D eigenvalue weighted by atomic mass is 9.92. The summed E-state index contributed by atoms with van der Waals surface area (Å²) in [6.45, 7) is 0. The predicted octanol–water partition coefficient (Wildman–Crippen LogP) is 1.82. The molecule has 3 nitrogen and oxygen atoms in total. The third kappa shape index (κ3) is 1.67.